The van der Waals surface area contributed by atoms with Crippen LogP contribution in [0.5, 0.6) is 0 Å². The van der Waals surface area contributed by atoms with Crippen molar-refractivity contribution in [1.82, 2.24) is 15.0 Å². The number of anilines is 1. The summed E-state index contributed by atoms with van der Waals surface area (Å²) in [6.07, 6.45) is 2.42. The molecule has 0 unspecified atom stereocenters. The molecule has 0 atom stereocenters. The van der Waals surface area contributed by atoms with Gasteiger partial charge in [-0.3, -0.25) is 14.4 Å². The van der Waals surface area contributed by atoms with Gasteiger partial charge < -0.3 is 19.7 Å². The van der Waals surface area contributed by atoms with Gasteiger partial charge in [-0.25, -0.2) is 0 Å². The Hall–Kier alpha value is -3.68. The number of ketones is 1. The van der Waals surface area contributed by atoms with Gasteiger partial charge in [0.1, 0.15) is 12.0 Å². The molecule has 0 bridgehead atoms. The fraction of sp³-hybridized carbons (Fsp3) is 0.304. The third kappa shape index (κ3) is 3.88. The summed E-state index contributed by atoms with van der Waals surface area (Å²) in [7, 11) is 0. The number of H-pyrrole nitrogens is 1. The Morgan fingerprint density at radius 1 is 1.26 bits per heavy atom. The van der Waals surface area contributed by atoms with Crippen molar-refractivity contribution in [3.05, 3.63) is 69.9 Å². The van der Waals surface area contributed by atoms with Crippen LogP contribution in [0, 0.1) is 13.8 Å². The third-order valence-corrected chi connectivity index (χ3v) is 5.54. The van der Waals surface area contributed by atoms with Crippen molar-refractivity contribution in [2.24, 2.45) is 0 Å². The Balaban J connectivity index is 1.53. The Morgan fingerprint density at radius 3 is 2.74 bits per heavy atom. The molecule has 2 N–H and O–H groups in total. The van der Waals surface area contributed by atoms with E-state index in [9.17, 15) is 14.4 Å². The van der Waals surface area contributed by atoms with Gasteiger partial charge in [0, 0.05) is 29.6 Å². The number of carbonyl (C=O) groups excluding carboxylic acids is 3. The average Bonchev–Trinajstić information content (AvgIpc) is 3.43. The molecule has 0 spiro atoms. The highest BCUT2D eigenvalue weighted by Gasteiger charge is 2.33. The van der Waals surface area contributed by atoms with Crippen LogP contribution in [0.15, 0.2) is 35.1 Å². The van der Waals surface area contributed by atoms with E-state index in [1.165, 1.54) is 6.26 Å². The van der Waals surface area contributed by atoms with Crippen LogP contribution in [0.2, 0.25) is 0 Å². The van der Waals surface area contributed by atoms with Gasteiger partial charge in [-0.05, 0) is 37.5 Å². The van der Waals surface area contributed by atoms with Crippen molar-refractivity contribution in [2.45, 2.75) is 40.2 Å². The van der Waals surface area contributed by atoms with Gasteiger partial charge in [0.25, 0.3) is 11.8 Å². The molecule has 0 saturated heterocycles. The first-order chi connectivity index (χ1) is 14.9. The first kappa shape index (κ1) is 20.6. The summed E-state index contributed by atoms with van der Waals surface area (Å²) in [6.45, 7) is 6.84. The molecular formula is C23H24N4O4. The molecule has 1 aliphatic heterocycles. The van der Waals surface area contributed by atoms with Gasteiger partial charge >= 0.3 is 0 Å². The van der Waals surface area contributed by atoms with Gasteiger partial charge in [-0.2, -0.15) is 0 Å². The van der Waals surface area contributed by atoms with Crippen LogP contribution in [0.1, 0.15) is 67.1 Å². The molecule has 0 radical (unpaired) electrons. The van der Waals surface area contributed by atoms with E-state index >= 15 is 0 Å². The second-order valence-electron chi connectivity index (χ2n) is 7.78. The Bertz CT molecular complexity index is 1160. The molecule has 1 aliphatic rings. The van der Waals surface area contributed by atoms with E-state index in [2.05, 4.69) is 15.5 Å². The predicted octanol–water partition coefficient (Wildman–Crippen LogP) is 3.66. The molecular weight excluding hydrogens is 396 g/mol. The van der Waals surface area contributed by atoms with Crippen LogP contribution in [0.3, 0.4) is 0 Å². The van der Waals surface area contributed by atoms with Crippen LogP contribution in [0.4, 0.5) is 5.69 Å². The number of benzene rings is 1. The van der Waals surface area contributed by atoms with Gasteiger partial charge in [-0.15, -0.1) is 0 Å². The summed E-state index contributed by atoms with van der Waals surface area (Å²) in [5, 5.41) is 6.65. The van der Waals surface area contributed by atoms with E-state index in [4.69, 9.17) is 4.52 Å². The van der Waals surface area contributed by atoms with Crippen LogP contribution < -0.4 is 5.32 Å². The van der Waals surface area contributed by atoms with E-state index in [-0.39, 0.29) is 24.0 Å². The average molecular weight is 420 g/mol. The standard InChI is InChI=1S/C23H24N4O4/c1-4-8-27-12-18-20(23(27)30)14(3)21(24-18)22(29)25-17-10-15(6-5-13(17)2)19(28)11-16-7-9-31-26-16/h5-7,9-10,24H,4,8,11-12H2,1-3H3,(H,25,29). The molecule has 2 amide bonds. The molecule has 1 aromatic carbocycles. The van der Waals surface area contributed by atoms with Crippen molar-refractivity contribution in [1.29, 1.82) is 0 Å². The first-order valence-corrected chi connectivity index (χ1v) is 10.2. The van der Waals surface area contributed by atoms with Gasteiger partial charge in [-0.1, -0.05) is 24.2 Å². The summed E-state index contributed by atoms with van der Waals surface area (Å²) >= 11 is 0. The van der Waals surface area contributed by atoms with Crippen LogP contribution in [-0.4, -0.2) is 39.2 Å². The van der Waals surface area contributed by atoms with E-state index < -0.39 is 0 Å². The minimum Gasteiger partial charge on any atom is -0.364 e. The van der Waals surface area contributed by atoms with E-state index in [0.717, 1.165) is 17.7 Å². The molecule has 2 aromatic heterocycles. The predicted molar refractivity (Wildman–Crippen MR) is 114 cm³/mol. The smallest absolute Gasteiger partial charge is 0.272 e. The number of hydrogen-bond acceptors (Lipinski definition) is 5. The third-order valence-electron chi connectivity index (χ3n) is 5.54. The molecule has 4 rings (SSSR count). The van der Waals surface area contributed by atoms with Crippen LogP contribution in [0.25, 0.3) is 0 Å². The number of aryl methyl sites for hydroxylation is 1. The lowest BCUT2D eigenvalue weighted by Gasteiger charge is -2.15. The number of nitrogens with zero attached hydrogens (tertiary/aromatic N) is 2. The number of aromatic nitrogens is 2. The molecule has 3 heterocycles. The molecule has 3 aromatic rings. The normalized spacial score (nSPS) is 12.9. The van der Waals surface area contributed by atoms with Gasteiger partial charge in [0.2, 0.25) is 0 Å². The summed E-state index contributed by atoms with van der Waals surface area (Å²) in [6, 6.07) is 6.82. The number of rotatable bonds is 7. The van der Waals surface area contributed by atoms with Crippen molar-refractivity contribution in [3.63, 3.8) is 0 Å². The van der Waals surface area contributed by atoms with Crippen molar-refractivity contribution in [3.8, 4) is 0 Å². The first-order valence-electron chi connectivity index (χ1n) is 10.2. The summed E-state index contributed by atoms with van der Waals surface area (Å²) in [5.41, 5.74) is 4.77. The number of carbonyl (C=O) groups is 3. The molecule has 0 fully saturated rings. The quantitative estimate of drug-likeness (QED) is 0.567. The highest BCUT2D eigenvalue weighted by Crippen LogP contribution is 2.29. The van der Waals surface area contributed by atoms with Crippen LogP contribution >= 0.6 is 0 Å². The van der Waals surface area contributed by atoms with E-state index in [0.29, 0.717) is 46.9 Å². The molecule has 0 aliphatic carbocycles. The second-order valence-corrected chi connectivity index (χ2v) is 7.78. The Morgan fingerprint density at radius 2 is 2.06 bits per heavy atom. The molecule has 160 valence electrons. The number of hydrogen-bond donors (Lipinski definition) is 2. The lowest BCUT2D eigenvalue weighted by molar-refractivity contribution is 0.0776. The van der Waals surface area contributed by atoms with Crippen LogP contribution in [-0.2, 0) is 13.0 Å². The number of fused-ring (bicyclic) bond motifs is 1. The fourth-order valence-corrected chi connectivity index (χ4v) is 3.88. The van der Waals surface area contributed by atoms with Gasteiger partial charge in [0.05, 0.1) is 24.2 Å². The van der Waals surface area contributed by atoms with Crippen molar-refractivity contribution < 1.29 is 18.9 Å². The van der Waals surface area contributed by atoms with E-state index in [1.807, 2.05) is 13.8 Å². The molecule has 0 saturated carbocycles. The maximum Gasteiger partial charge on any atom is 0.272 e. The second kappa shape index (κ2) is 8.22. The molecule has 31 heavy (non-hydrogen) atoms. The number of aromatic amines is 1. The largest absolute Gasteiger partial charge is 0.364 e. The number of nitrogens with one attached hydrogen (secondary N) is 2. The topological polar surface area (TPSA) is 108 Å². The maximum atomic E-state index is 13.0. The van der Waals surface area contributed by atoms with Crippen molar-refractivity contribution >= 4 is 23.3 Å². The fourth-order valence-electron chi connectivity index (χ4n) is 3.88. The zero-order valence-electron chi connectivity index (χ0n) is 17.7. The summed E-state index contributed by atoms with van der Waals surface area (Å²) in [4.78, 5) is 43.1. The number of Topliss-reactive ketones (excluding diaryl/α,β-unsaturated/α-hetero) is 1. The Kier molecular flexibility index (Phi) is 5.46. The Labute approximate surface area is 179 Å². The molecule has 8 heteroatoms. The van der Waals surface area contributed by atoms with Crippen molar-refractivity contribution in [2.75, 3.05) is 11.9 Å². The summed E-state index contributed by atoms with van der Waals surface area (Å²) < 4.78 is 4.77. The minimum atomic E-state index is -0.342. The SMILES string of the molecule is CCCN1Cc2[nH]c(C(=O)Nc3cc(C(=O)Cc4ccon4)ccc3C)c(C)c2C1=O. The minimum absolute atomic E-state index is 0.0405. The monoisotopic (exact) mass is 420 g/mol. The zero-order valence-corrected chi connectivity index (χ0v) is 17.7. The lowest BCUT2D eigenvalue weighted by atomic mass is 10.0. The lowest BCUT2D eigenvalue weighted by Crippen LogP contribution is -2.26. The highest BCUT2D eigenvalue weighted by molar-refractivity contribution is 6.09. The summed E-state index contributed by atoms with van der Waals surface area (Å²) in [5.74, 6) is -0.506. The van der Waals surface area contributed by atoms with E-state index in [1.54, 1.807) is 36.1 Å². The highest BCUT2D eigenvalue weighted by atomic mass is 16.5. The zero-order chi connectivity index (χ0) is 22.1. The maximum absolute atomic E-state index is 13.0. The van der Waals surface area contributed by atoms with Gasteiger partial charge in [0.15, 0.2) is 5.78 Å². The molecule has 8 nitrogen and oxygen atoms in total. The number of amides is 2.